The molecular weight excluding hydrogens is 276 g/mol. The molecular formula is C12H12N6OS. The summed E-state index contributed by atoms with van der Waals surface area (Å²) in [6.07, 6.45) is 3.13. The lowest BCUT2D eigenvalue weighted by molar-refractivity contribution is 0.728. The first-order chi connectivity index (χ1) is 9.69. The van der Waals surface area contributed by atoms with Gasteiger partial charge in [-0.2, -0.15) is 0 Å². The largest absolute Gasteiger partial charge is 0.292 e. The topological polar surface area (TPSA) is 98.7 Å². The molecule has 20 heavy (non-hydrogen) atoms. The Labute approximate surface area is 118 Å². The van der Waals surface area contributed by atoms with Gasteiger partial charge in [-0.1, -0.05) is 0 Å². The van der Waals surface area contributed by atoms with E-state index in [1.165, 1.54) is 15.9 Å². The Bertz CT molecular complexity index is 824. The number of rotatable bonds is 3. The fourth-order valence-electron chi connectivity index (χ4n) is 1.90. The minimum atomic E-state index is -0.0611. The van der Waals surface area contributed by atoms with Crippen molar-refractivity contribution in [1.82, 2.24) is 19.5 Å². The molecule has 0 atom stereocenters. The van der Waals surface area contributed by atoms with Gasteiger partial charge in [0, 0.05) is 6.20 Å². The van der Waals surface area contributed by atoms with Crippen molar-refractivity contribution < 1.29 is 0 Å². The van der Waals surface area contributed by atoms with Crippen molar-refractivity contribution in [3.63, 3.8) is 0 Å². The van der Waals surface area contributed by atoms with Crippen molar-refractivity contribution in [2.24, 2.45) is 5.84 Å². The summed E-state index contributed by atoms with van der Waals surface area (Å²) in [4.78, 5) is 24.8. The molecule has 0 spiro atoms. The summed E-state index contributed by atoms with van der Waals surface area (Å²) in [7, 11) is 0. The van der Waals surface area contributed by atoms with E-state index in [9.17, 15) is 4.79 Å². The van der Waals surface area contributed by atoms with Gasteiger partial charge in [0.25, 0.3) is 5.56 Å². The van der Waals surface area contributed by atoms with Crippen molar-refractivity contribution in [1.29, 1.82) is 0 Å². The highest BCUT2D eigenvalue weighted by Crippen LogP contribution is 2.19. The number of nitrogens with zero attached hydrogens (tertiary/aromatic N) is 4. The third kappa shape index (κ3) is 2.15. The number of fused-ring (bicyclic) bond motifs is 1. The standard InChI is InChI=1S/C12H12N6OS/c1-7-5-20-10-9(7)15-6-18(11(10)19)4-8-2-3-14-12(16-8)17-13/h2-3,5-6H,4,13H2,1H3,(H,14,16,17). The first kappa shape index (κ1) is 12.7. The highest BCUT2D eigenvalue weighted by atomic mass is 32.1. The Hall–Kier alpha value is -2.32. The lowest BCUT2D eigenvalue weighted by Crippen LogP contribution is -2.21. The van der Waals surface area contributed by atoms with E-state index in [2.05, 4.69) is 20.4 Å². The van der Waals surface area contributed by atoms with Crippen LogP contribution in [0.25, 0.3) is 10.2 Å². The van der Waals surface area contributed by atoms with E-state index in [1.807, 2.05) is 12.3 Å². The number of nitrogens with one attached hydrogen (secondary N) is 1. The van der Waals surface area contributed by atoms with Gasteiger partial charge in [-0.15, -0.1) is 11.3 Å². The number of aromatic nitrogens is 4. The molecule has 7 nitrogen and oxygen atoms in total. The van der Waals surface area contributed by atoms with Gasteiger partial charge in [-0.3, -0.25) is 14.8 Å². The van der Waals surface area contributed by atoms with Crippen LogP contribution in [0.2, 0.25) is 0 Å². The third-order valence-corrected chi connectivity index (χ3v) is 3.97. The number of nitrogens with two attached hydrogens (primary N) is 1. The maximum atomic E-state index is 12.4. The first-order valence-corrected chi connectivity index (χ1v) is 6.79. The lowest BCUT2D eigenvalue weighted by Gasteiger charge is -2.06. The maximum Gasteiger partial charge on any atom is 0.271 e. The van der Waals surface area contributed by atoms with Crippen molar-refractivity contribution in [2.75, 3.05) is 5.43 Å². The molecule has 3 aromatic heterocycles. The molecule has 3 aromatic rings. The number of hydrogen-bond donors (Lipinski definition) is 2. The zero-order valence-electron chi connectivity index (χ0n) is 10.7. The van der Waals surface area contributed by atoms with Gasteiger partial charge >= 0.3 is 0 Å². The quantitative estimate of drug-likeness (QED) is 0.548. The van der Waals surface area contributed by atoms with Crippen molar-refractivity contribution in [2.45, 2.75) is 13.5 Å². The summed E-state index contributed by atoms with van der Waals surface area (Å²) in [5, 5.41) is 1.94. The van der Waals surface area contributed by atoms with Crippen molar-refractivity contribution >= 4 is 27.5 Å². The molecule has 0 saturated carbocycles. The molecule has 8 heteroatoms. The molecule has 0 saturated heterocycles. The van der Waals surface area contributed by atoms with Crippen LogP contribution in [0.5, 0.6) is 0 Å². The predicted octanol–water partition coefficient (Wildman–Crippen LogP) is 0.890. The van der Waals surface area contributed by atoms with Crippen molar-refractivity contribution in [3.8, 4) is 0 Å². The minimum Gasteiger partial charge on any atom is -0.292 e. The Morgan fingerprint density at radius 2 is 2.30 bits per heavy atom. The van der Waals surface area contributed by atoms with E-state index in [1.54, 1.807) is 18.6 Å². The number of nitrogen functional groups attached to an aromatic ring is 1. The van der Waals surface area contributed by atoms with Crippen LogP contribution in [0.3, 0.4) is 0 Å². The van der Waals surface area contributed by atoms with Gasteiger partial charge in [0.15, 0.2) is 0 Å². The first-order valence-electron chi connectivity index (χ1n) is 5.91. The molecule has 0 fully saturated rings. The van der Waals surface area contributed by atoms with Gasteiger partial charge in [0.2, 0.25) is 5.95 Å². The Morgan fingerprint density at radius 3 is 3.10 bits per heavy atom. The lowest BCUT2D eigenvalue weighted by atomic mass is 10.3. The van der Waals surface area contributed by atoms with E-state index in [4.69, 9.17) is 5.84 Å². The fourth-order valence-corrected chi connectivity index (χ4v) is 2.85. The van der Waals surface area contributed by atoms with Gasteiger partial charge < -0.3 is 0 Å². The Morgan fingerprint density at radius 1 is 1.45 bits per heavy atom. The smallest absolute Gasteiger partial charge is 0.271 e. The monoisotopic (exact) mass is 288 g/mol. The summed E-state index contributed by atoms with van der Waals surface area (Å²) in [5.41, 5.74) is 4.79. The Kier molecular flexibility index (Phi) is 3.17. The molecule has 3 N–H and O–H groups in total. The zero-order valence-corrected chi connectivity index (χ0v) is 11.5. The number of hydrazine groups is 1. The van der Waals surface area contributed by atoms with Gasteiger partial charge in [0.05, 0.1) is 24.1 Å². The molecule has 0 radical (unpaired) electrons. The molecule has 0 unspecified atom stereocenters. The third-order valence-electron chi connectivity index (χ3n) is 2.90. The SMILES string of the molecule is Cc1csc2c(=O)n(Cc3ccnc(NN)n3)cnc12. The summed E-state index contributed by atoms with van der Waals surface area (Å²) in [6, 6.07) is 1.73. The average Bonchev–Trinajstić information content (AvgIpc) is 2.84. The van der Waals surface area contributed by atoms with Crippen LogP contribution in [0.1, 0.15) is 11.3 Å². The highest BCUT2D eigenvalue weighted by molar-refractivity contribution is 7.17. The molecule has 102 valence electrons. The summed E-state index contributed by atoms with van der Waals surface area (Å²) in [5.74, 6) is 5.58. The predicted molar refractivity (Wildman–Crippen MR) is 77.6 cm³/mol. The summed E-state index contributed by atoms with van der Waals surface area (Å²) >= 11 is 1.41. The van der Waals surface area contributed by atoms with Crippen LogP contribution in [0, 0.1) is 6.92 Å². The summed E-state index contributed by atoms with van der Waals surface area (Å²) < 4.78 is 2.19. The zero-order chi connectivity index (χ0) is 14.1. The second kappa shape index (κ2) is 4.99. The molecule has 3 rings (SSSR count). The van der Waals surface area contributed by atoms with E-state index >= 15 is 0 Å². The molecule has 0 aliphatic carbocycles. The average molecular weight is 288 g/mol. The molecule has 0 aliphatic rings. The van der Waals surface area contributed by atoms with Gasteiger partial charge in [0.1, 0.15) is 4.70 Å². The molecule has 0 bridgehead atoms. The second-order valence-corrected chi connectivity index (χ2v) is 5.17. The van der Waals surface area contributed by atoms with E-state index in [0.717, 1.165) is 11.1 Å². The fraction of sp³-hybridized carbons (Fsp3) is 0.167. The summed E-state index contributed by atoms with van der Waals surface area (Å²) in [6.45, 7) is 2.27. The van der Waals surface area contributed by atoms with Gasteiger partial charge in [-0.05, 0) is 23.9 Å². The van der Waals surface area contributed by atoms with E-state index < -0.39 is 0 Å². The molecule has 0 aromatic carbocycles. The number of anilines is 1. The van der Waals surface area contributed by atoms with Crippen LogP contribution in [0.4, 0.5) is 5.95 Å². The van der Waals surface area contributed by atoms with E-state index in [-0.39, 0.29) is 5.56 Å². The van der Waals surface area contributed by atoms with Gasteiger partial charge in [-0.25, -0.2) is 20.8 Å². The molecule has 0 aliphatic heterocycles. The molecule has 3 heterocycles. The van der Waals surface area contributed by atoms with Crippen LogP contribution >= 0.6 is 11.3 Å². The second-order valence-electron chi connectivity index (χ2n) is 4.29. The highest BCUT2D eigenvalue weighted by Gasteiger charge is 2.09. The number of hydrogen-bond acceptors (Lipinski definition) is 7. The number of aryl methyl sites for hydroxylation is 1. The minimum absolute atomic E-state index is 0.0611. The van der Waals surface area contributed by atoms with Crippen LogP contribution in [0.15, 0.2) is 28.8 Å². The van der Waals surface area contributed by atoms with Crippen LogP contribution < -0.4 is 16.8 Å². The number of thiophene rings is 1. The van der Waals surface area contributed by atoms with E-state index in [0.29, 0.717) is 22.9 Å². The van der Waals surface area contributed by atoms with Crippen molar-refractivity contribution in [3.05, 3.63) is 45.6 Å². The van der Waals surface area contributed by atoms with Crippen LogP contribution in [-0.2, 0) is 6.54 Å². The Balaban J connectivity index is 2.02. The molecule has 0 amide bonds. The normalized spacial score (nSPS) is 10.9. The van der Waals surface area contributed by atoms with Crippen LogP contribution in [-0.4, -0.2) is 19.5 Å². The maximum absolute atomic E-state index is 12.4.